The van der Waals surface area contributed by atoms with Crippen molar-refractivity contribution in [2.75, 3.05) is 0 Å². The van der Waals surface area contributed by atoms with Crippen LogP contribution in [-0.2, 0) is 6.42 Å². The lowest BCUT2D eigenvalue weighted by molar-refractivity contribution is 0.796. The number of aryl methyl sites for hydroxylation is 2. The first-order valence-corrected chi connectivity index (χ1v) is 13.0. The highest BCUT2D eigenvalue weighted by Gasteiger charge is 2.14. The van der Waals surface area contributed by atoms with Gasteiger partial charge in [-0.05, 0) is 89.5 Å². The van der Waals surface area contributed by atoms with Gasteiger partial charge in [0.2, 0.25) is 0 Å². The van der Waals surface area contributed by atoms with E-state index in [9.17, 15) is 0 Å². The van der Waals surface area contributed by atoms with E-state index in [1.54, 1.807) is 0 Å². The average molecular weight is 466 g/mol. The van der Waals surface area contributed by atoms with Gasteiger partial charge < -0.3 is 4.57 Å². The molecule has 0 atom stereocenters. The van der Waals surface area contributed by atoms with Gasteiger partial charge in [0.1, 0.15) is 0 Å². The molecule has 6 aromatic rings. The summed E-state index contributed by atoms with van der Waals surface area (Å²) in [7, 11) is 0. The summed E-state index contributed by atoms with van der Waals surface area (Å²) in [4.78, 5) is 0. The number of para-hydroxylation sites is 2. The monoisotopic (exact) mass is 465 g/mol. The summed E-state index contributed by atoms with van der Waals surface area (Å²) < 4.78 is 2.37. The zero-order valence-electron chi connectivity index (χ0n) is 21.0. The Morgan fingerprint density at radius 2 is 1.28 bits per heavy atom. The lowest BCUT2D eigenvalue weighted by Crippen LogP contribution is -1.93. The molecular formula is C35H31N. The van der Waals surface area contributed by atoms with Gasteiger partial charge in [0.15, 0.2) is 0 Å². The molecule has 176 valence electrons. The van der Waals surface area contributed by atoms with Crippen molar-refractivity contribution in [2.24, 2.45) is 0 Å². The van der Waals surface area contributed by atoms with Crippen molar-refractivity contribution in [2.45, 2.75) is 33.1 Å². The zero-order chi connectivity index (χ0) is 24.5. The molecule has 1 nitrogen and oxygen atoms in total. The maximum Gasteiger partial charge on any atom is 0.0541 e. The number of fused-ring (bicyclic) bond motifs is 3. The fourth-order valence-corrected chi connectivity index (χ4v) is 5.47. The molecule has 0 saturated carbocycles. The van der Waals surface area contributed by atoms with E-state index in [0.717, 1.165) is 6.42 Å². The third-order valence-electron chi connectivity index (χ3n) is 7.37. The highest BCUT2D eigenvalue weighted by atomic mass is 15.0. The number of hydrogen-bond acceptors (Lipinski definition) is 0. The van der Waals surface area contributed by atoms with Crippen LogP contribution in [0.3, 0.4) is 0 Å². The molecule has 0 fully saturated rings. The number of nitrogens with zero attached hydrogens (tertiary/aromatic N) is 1. The van der Waals surface area contributed by atoms with E-state index in [1.807, 2.05) is 0 Å². The van der Waals surface area contributed by atoms with Crippen molar-refractivity contribution in [3.8, 4) is 27.9 Å². The molecule has 0 radical (unpaired) electrons. The van der Waals surface area contributed by atoms with Gasteiger partial charge in [0.25, 0.3) is 0 Å². The molecule has 1 heterocycles. The summed E-state index contributed by atoms with van der Waals surface area (Å²) in [5.74, 6) is 0. The normalized spacial score (nSPS) is 11.4. The zero-order valence-corrected chi connectivity index (χ0v) is 21.0. The van der Waals surface area contributed by atoms with Crippen LogP contribution < -0.4 is 0 Å². The molecule has 0 N–H and O–H groups in total. The SMILES string of the molecule is CCCCc1ccccc1-c1cc(-c2ccc3c(c2)c2ccccc2n3-c2ccccc2)ccc1C. The second-order valence-electron chi connectivity index (χ2n) is 9.71. The van der Waals surface area contributed by atoms with E-state index in [-0.39, 0.29) is 0 Å². The molecule has 36 heavy (non-hydrogen) atoms. The van der Waals surface area contributed by atoms with Crippen molar-refractivity contribution in [3.05, 3.63) is 126 Å². The maximum atomic E-state index is 2.39. The Balaban J connectivity index is 1.51. The van der Waals surface area contributed by atoms with Crippen LogP contribution in [0.2, 0.25) is 0 Å². The molecule has 5 aromatic carbocycles. The van der Waals surface area contributed by atoms with Gasteiger partial charge in [0, 0.05) is 16.5 Å². The summed E-state index contributed by atoms with van der Waals surface area (Å²) in [5, 5.41) is 2.58. The van der Waals surface area contributed by atoms with Gasteiger partial charge >= 0.3 is 0 Å². The molecule has 0 aliphatic carbocycles. The van der Waals surface area contributed by atoms with Crippen LogP contribution in [0.5, 0.6) is 0 Å². The first kappa shape index (κ1) is 22.4. The van der Waals surface area contributed by atoms with E-state index >= 15 is 0 Å². The highest BCUT2D eigenvalue weighted by Crippen LogP contribution is 2.37. The van der Waals surface area contributed by atoms with E-state index in [2.05, 4.69) is 134 Å². The number of hydrogen-bond donors (Lipinski definition) is 0. The Kier molecular flexibility index (Phi) is 5.91. The summed E-state index contributed by atoms with van der Waals surface area (Å²) in [6, 6.07) is 42.2. The minimum Gasteiger partial charge on any atom is -0.309 e. The molecule has 0 amide bonds. The van der Waals surface area contributed by atoms with Crippen LogP contribution in [0, 0.1) is 6.92 Å². The number of benzene rings is 5. The second kappa shape index (κ2) is 9.51. The van der Waals surface area contributed by atoms with Crippen molar-refractivity contribution >= 4 is 21.8 Å². The Labute approximate surface area is 213 Å². The standard InChI is InChI=1S/C35H31N/c1-3-4-12-26-13-8-9-16-30(26)32-23-27(20-19-25(32)2)28-21-22-35-33(24-28)31-17-10-11-18-34(31)36(35)29-14-6-5-7-15-29/h5-11,13-24H,3-4,12H2,1-2H3. The summed E-state index contributed by atoms with van der Waals surface area (Å²) in [5.41, 5.74) is 11.7. The predicted octanol–water partition coefficient (Wildman–Crippen LogP) is 9.77. The van der Waals surface area contributed by atoms with E-state index in [4.69, 9.17) is 0 Å². The van der Waals surface area contributed by atoms with Crippen LogP contribution in [0.1, 0.15) is 30.9 Å². The van der Waals surface area contributed by atoms with Gasteiger partial charge in [-0.15, -0.1) is 0 Å². The lowest BCUT2D eigenvalue weighted by Gasteiger charge is -2.14. The Morgan fingerprint density at radius 1 is 0.583 bits per heavy atom. The maximum absolute atomic E-state index is 2.39. The van der Waals surface area contributed by atoms with Crippen LogP contribution in [-0.4, -0.2) is 4.57 Å². The Morgan fingerprint density at radius 3 is 2.14 bits per heavy atom. The average Bonchev–Trinajstić information content (AvgIpc) is 3.26. The van der Waals surface area contributed by atoms with Gasteiger partial charge in [-0.1, -0.05) is 92.2 Å². The highest BCUT2D eigenvalue weighted by molar-refractivity contribution is 6.10. The van der Waals surface area contributed by atoms with Gasteiger partial charge in [-0.3, -0.25) is 0 Å². The minimum atomic E-state index is 1.13. The van der Waals surface area contributed by atoms with Crippen LogP contribution in [0.25, 0.3) is 49.7 Å². The fourth-order valence-electron chi connectivity index (χ4n) is 5.47. The van der Waals surface area contributed by atoms with Crippen molar-refractivity contribution in [1.29, 1.82) is 0 Å². The molecule has 1 aromatic heterocycles. The second-order valence-corrected chi connectivity index (χ2v) is 9.71. The van der Waals surface area contributed by atoms with E-state index < -0.39 is 0 Å². The van der Waals surface area contributed by atoms with Gasteiger partial charge in [-0.25, -0.2) is 0 Å². The summed E-state index contributed by atoms with van der Waals surface area (Å²) in [6.45, 7) is 4.49. The number of aromatic nitrogens is 1. The van der Waals surface area contributed by atoms with Crippen molar-refractivity contribution in [3.63, 3.8) is 0 Å². The Bertz CT molecular complexity index is 1670. The van der Waals surface area contributed by atoms with Crippen LogP contribution in [0.4, 0.5) is 0 Å². The first-order chi connectivity index (χ1) is 17.7. The van der Waals surface area contributed by atoms with Gasteiger partial charge in [0.05, 0.1) is 11.0 Å². The quantitative estimate of drug-likeness (QED) is 0.231. The minimum absolute atomic E-state index is 1.13. The topological polar surface area (TPSA) is 4.93 Å². The predicted molar refractivity (Wildman–Crippen MR) is 155 cm³/mol. The Hall–Kier alpha value is -4.10. The molecular weight excluding hydrogens is 434 g/mol. The molecule has 0 aliphatic rings. The number of rotatable bonds is 6. The van der Waals surface area contributed by atoms with E-state index in [0.29, 0.717) is 0 Å². The number of unbranched alkanes of at least 4 members (excludes halogenated alkanes) is 1. The molecule has 0 aliphatic heterocycles. The fraction of sp³-hybridized carbons (Fsp3) is 0.143. The molecule has 0 spiro atoms. The third-order valence-corrected chi connectivity index (χ3v) is 7.37. The molecule has 1 heteroatoms. The first-order valence-electron chi connectivity index (χ1n) is 13.0. The van der Waals surface area contributed by atoms with Crippen LogP contribution >= 0.6 is 0 Å². The third kappa shape index (κ3) is 3.91. The summed E-state index contributed by atoms with van der Waals surface area (Å²) in [6.07, 6.45) is 3.56. The molecule has 0 bridgehead atoms. The lowest BCUT2D eigenvalue weighted by atomic mass is 9.90. The molecule has 0 saturated heterocycles. The largest absolute Gasteiger partial charge is 0.309 e. The van der Waals surface area contributed by atoms with Crippen molar-refractivity contribution in [1.82, 2.24) is 4.57 Å². The smallest absolute Gasteiger partial charge is 0.0541 e. The van der Waals surface area contributed by atoms with E-state index in [1.165, 1.54) is 73.7 Å². The summed E-state index contributed by atoms with van der Waals surface area (Å²) >= 11 is 0. The van der Waals surface area contributed by atoms with Crippen molar-refractivity contribution < 1.29 is 0 Å². The molecule has 6 rings (SSSR count). The van der Waals surface area contributed by atoms with Crippen LogP contribution in [0.15, 0.2) is 115 Å². The molecule has 0 unspecified atom stereocenters. The van der Waals surface area contributed by atoms with Gasteiger partial charge in [-0.2, -0.15) is 0 Å².